The van der Waals surface area contributed by atoms with Gasteiger partial charge in [0.05, 0.1) is 17.4 Å². The lowest BCUT2D eigenvalue weighted by Crippen LogP contribution is -2.27. The van der Waals surface area contributed by atoms with Gasteiger partial charge in [-0.15, -0.1) is 0 Å². The first-order valence-electron chi connectivity index (χ1n) is 9.04. The van der Waals surface area contributed by atoms with Crippen molar-refractivity contribution < 1.29 is 23.1 Å². The van der Waals surface area contributed by atoms with Crippen LogP contribution >= 0.6 is 30.2 Å². The zero-order valence-corrected chi connectivity index (χ0v) is 19.6. The molecule has 7 nitrogen and oxygen atoms in total. The fourth-order valence-corrected chi connectivity index (χ4v) is 4.86. The minimum atomic E-state index is -3.55. The molecular formula is C20H22IN2O5P. The summed E-state index contributed by atoms with van der Waals surface area (Å²) >= 11 is 2.04. The summed E-state index contributed by atoms with van der Waals surface area (Å²) in [7, 11) is -3.55. The Hall–Kier alpha value is -1.90. The van der Waals surface area contributed by atoms with E-state index in [-0.39, 0.29) is 6.61 Å². The monoisotopic (exact) mass is 528 g/mol. The highest BCUT2D eigenvalue weighted by Gasteiger charge is 2.29. The number of aromatic nitrogens is 2. The second kappa shape index (κ2) is 8.45. The van der Waals surface area contributed by atoms with Crippen molar-refractivity contribution in [3.63, 3.8) is 0 Å². The summed E-state index contributed by atoms with van der Waals surface area (Å²) in [5.74, 6) is 0.361. The molecular weight excluding hydrogens is 506 g/mol. The molecule has 1 aromatic heterocycles. The van der Waals surface area contributed by atoms with Crippen LogP contribution in [0.4, 0.5) is 4.79 Å². The summed E-state index contributed by atoms with van der Waals surface area (Å²) in [5.41, 5.74) is -0.0640. The summed E-state index contributed by atoms with van der Waals surface area (Å²) in [6.07, 6.45) is -0.566. The van der Waals surface area contributed by atoms with E-state index in [0.717, 1.165) is 0 Å². The van der Waals surface area contributed by atoms with Crippen LogP contribution in [-0.4, -0.2) is 28.1 Å². The molecule has 0 fully saturated rings. The van der Waals surface area contributed by atoms with Crippen LogP contribution in [0.3, 0.4) is 0 Å². The maximum absolute atomic E-state index is 13.3. The van der Waals surface area contributed by atoms with Crippen molar-refractivity contribution in [1.29, 1.82) is 0 Å². The van der Waals surface area contributed by atoms with Crippen LogP contribution in [0.5, 0.6) is 5.75 Å². The van der Waals surface area contributed by atoms with Gasteiger partial charge in [-0.2, -0.15) is 9.78 Å². The summed E-state index contributed by atoms with van der Waals surface area (Å²) < 4.78 is 31.9. The van der Waals surface area contributed by atoms with Gasteiger partial charge in [-0.3, -0.25) is 4.52 Å². The van der Waals surface area contributed by atoms with E-state index in [4.69, 9.17) is 13.8 Å². The number of hydrogen-bond acceptors (Lipinski definition) is 6. The molecule has 0 aliphatic rings. The first-order chi connectivity index (χ1) is 13.6. The molecule has 0 amide bonds. The molecule has 154 valence electrons. The van der Waals surface area contributed by atoms with Crippen molar-refractivity contribution in [2.45, 2.75) is 33.3 Å². The number of nitrogens with zero attached hydrogens (tertiary/aromatic N) is 2. The Labute approximate surface area is 183 Å². The van der Waals surface area contributed by atoms with Gasteiger partial charge in [-0.25, -0.2) is 9.36 Å². The summed E-state index contributed by atoms with van der Waals surface area (Å²) in [6, 6.07) is 13.8. The zero-order chi connectivity index (χ0) is 21.2. The number of hydrogen-bond donors (Lipinski definition) is 0. The lowest BCUT2D eigenvalue weighted by atomic mass is 10.2. The van der Waals surface area contributed by atoms with Gasteiger partial charge in [0.15, 0.2) is 0 Å². The first-order valence-corrected chi connectivity index (χ1v) is 11.7. The predicted octanol–water partition coefficient (Wildman–Crippen LogP) is 5.36. The van der Waals surface area contributed by atoms with Crippen LogP contribution in [-0.2, 0) is 13.8 Å². The number of fused-ring (bicyclic) bond motifs is 1. The second-order valence-electron chi connectivity index (χ2n) is 7.20. The highest BCUT2D eigenvalue weighted by atomic mass is 127. The van der Waals surface area contributed by atoms with Gasteiger partial charge in [-0.1, -0.05) is 18.2 Å². The van der Waals surface area contributed by atoms with Crippen molar-refractivity contribution in [3.8, 4) is 5.75 Å². The van der Waals surface area contributed by atoms with E-state index in [9.17, 15) is 9.36 Å². The Morgan fingerprint density at radius 2 is 1.86 bits per heavy atom. The lowest BCUT2D eigenvalue weighted by molar-refractivity contribution is 0.0522. The Morgan fingerprint density at radius 1 is 1.17 bits per heavy atom. The smallest absolute Gasteiger partial charge is 0.435 e. The molecule has 29 heavy (non-hydrogen) atoms. The average Bonchev–Trinajstić information content (AvgIpc) is 2.98. The van der Waals surface area contributed by atoms with Crippen molar-refractivity contribution >= 4 is 52.5 Å². The average molecular weight is 528 g/mol. The van der Waals surface area contributed by atoms with Gasteiger partial charge < -0.3 is 9.26 Å². The number of halogens is 1. The van der Waals surface area contributed by atoms with Gasteiger partial charge in [0.25, 0.3) is 0 Å². The molecule has 0 aliphatic heterocycles. The molecule has 0 aliphatic carbocycles. The van der Waals surface area contributed by atoms with E-state index in [1.165, 1.54) is 4.68 Å². The standard InChI is InChI=1S/C20H22IN2O5P/c1-5-26-29(25,15-9-7-6-8-10-15)28-14-11-12-17-16(13-14)18(21)22-23(17)19(24)27-20(2,3)4/h6-13H,5H2,1-4H3. The predicted molar refractivity (Wildman–Crippen MR) is 120 cm³/mol. The Kier molecular flexibility index (Phi) is 6.36. The molecule has 1 atom stereocenters. The molecule has 0 saturated heterocycles. The Bertz CT molecular complexity index is 1080. The summed E-state index contributed by atoms with van der Waals surface area (Å²) in [6.45, 7) is 7.38. The van der Waals surface area contributed by atoms with Gasteiger partial charge >= 0.3 is 13.7 Å². The minimum Gasteiger partial charge on any atom is -0.442 e. The van der Waals surface area contributed by atoms with E-state index in [1.54, 1.807) is 70.2 Å². The quantitative estimate of drug-likeness (QED) is 0.328. The van der Waals surface area contributed by atoms with Crippen LogP contribution in [0.1, 0.15) is 27.7 Å². The molecule has 0 bridgehead atoms. The van der Waals surface area contributed by atoms with Crippen LogP contribution in [0.15, 0.2) is 48.5 Å². The number of rotatable bonds is 5. The normalized spacial score (nSPS) is 13.8. The highest BCUT2D eigenvalue weighted by Crippen LogP contribution is 2.47. The third-order valence-corrected chi connectivity index (χ3v) is 6.55. The molecule has 0 spiro atoms. The van der Waals surface area contributed by atoms with E-state index in [1.807, 2.05) is 28.7 Å². The van der Waals surface area contributed by atoms with E-state index in [0.29, 0.717) is 25.7 Å². The molecule has 0 N–H and O–H groups in total. The zero-order valence-electron chi connectivity index (χ0n) is 16.6. The van der Waals surface area contributed by atoms with Crippen molar-refractivity contribution in [1.82, 2.24) is 9.78 Å². The van der Waals surface area contributed by atoms with Gasteiger partial charge in [0, 0.05) is 5.39 Å². The number of benzene rings is 2. The van der Waals surface area contributed by atoms with Crippen LogP contribution in [0.25, 0.3) is 10.9 Å². The van der Waals surface area contributed by atoms with Crippen LogP contribution in [0, 0.1) is 3.70 Å². The Morgan fingerprint density at radius 3 is 2.48 bits per heavy atom. The molecule has 0 radical (unpaired) electrons. The molecule has 3 aromatic rings. The van der Waals surface area contributed by atoms with Crippen molar-refractivity contribution in [2.75, 3.05) is 6.61 Å². The van der Waals surface area contributed by atoms with Crippen molar-refractivity contribution in [2.24, 2.45) is 0 Å². The lowest BCUT2D eigenvalue weighted by Gasteiger charge is -2.19. The number of carbonyl (C=O) groups is 1. The third kappa shape index (κ3) is 4.99. The first kappa shape index (κ1) is 21.8. The van der Waals surface area contributed by atoms with Crippen LogP contribution < -0.4 is 9.83 Å². The van der Waals surface area contributed by atoms with E-state index >= 15 is 0 Å². The maximum Gasteiger partial charge on any atom is 0.435 e. The molecule has 1 unspecified atom stereocenters. The van der Waals surface area contributed by atoms with Gasteiger partial charge in [0.1, 0.15) is 15.1 Å². The fourth-order valence-electron chi connectivity index (χ4n) is 2.63. The highest BCUT2D eigenvalue weighted by molar-refractivity contribution is 14.1. The Balaban J connectivity index is 1.97. The summed E-state index contributed by atoms with van der Waals surface area (Å²) in [4.78, 5) is 12.5. The largest absolute Gasteiger partial charge is 0.442 e. The molecule has 1 heterocycles. The van der Waals surface area contributed by atoms with E-state index in [2.05, 4.69) is 5.10 Å². The van der Waals surface area contributed by atoms with Crippen molar-refractivity contribution in [3.05, 3.63) is 52.2 Å². The van der Waals surface area contributed by atoms with Crippen LogP contribution in [0.2, 0.25) is 0 Å². The fraction of sp³-hybridized carbons (Fsp3) is 0.300. The minimum absolute atomic E-state index is 0.239. The molecule has 2 aromatic carbocycles. The SMILES string of the molecule is CCOP(=O)(Oc1ccc2c(c1)c(I)nn2C(=O)OC(C)(C)C)c1ccccc1. The second-order valence-corrected chi connectivity index (χ2v) is 10.2. The topological polar surface area (TPSA) is 79.7 Å². The van der Waals surface area contributed by atoms with E-state index < -0.39 is 19.3 Å². The summed E-state index contributed by atoms with van der Waals surface area (Å²) in [5, 5.41) is 5.44. The molecule has 0 saturated carbocycles. The number of ether oxygens (including phenoxy) is 1. The molecule has 9 heteroatoms. The number of carbonyl (C=O) groups excluding carboxylic acids is 1. The maximum atomic E-state index is 13.3. The van der Waals surface area contributed by atoms with Gasteiger partial charge in [0.2, 0.25) is 0 Å². The van der Waals surface area contributed by atoms with Gasteiger partial charge in [-0.05, 0) is 80.6 Å². The molecule has 3 rings (SSSR count). The third-order valence-electron chi connectivity index (χ3n) is 3.77.